The normalized spacial score (nSPS) is 11.2. The van der Waals surface area contributed by atoms with Gasteiger partial charge in [-0.15, -0.1) is 0 Å². The van der Waals surface area contributed by atoms with Gasteiger partial charge in [0.25, 0.3) is 0 Å². The van der Waals surface area contributed by atoms with Crippen molar-refractivity contribution in [3.63, 3.8) is 0 Å². The fourth-order valence-electron chi connectivity index (χ4n) is 2.62. The summed E-state index contributed by atoms with van der Waals surface area (Å²) in [6, 6.07) is 19.3. The van der Waals surface area contributed by atoms with Crippen LogP contribution in [-0.4, -0.2) is 0 Å². The average Bonchev–Trinajstić information content (AvgIpc) is 2.67. The molecule has 3 aromatic carbocycles. The molecule has 0 heterocycles. The van der Waals surface area contributed by atoms with E-state index in [4.69, 9.17) is 27.9 Å². The summed E-state index contributed by atoms with van der Waals surface area (Å²) in [4.78, 5) is 0. The van der Waals surface area contributed by atoms with Crippen LogP contribution < -0.4 is 4.74 Å². The van der Waals surface area contributed by atoms with E-state index >= 15 is 0 Å². The van der Waals surface area contributed by atoms with Crippen LogP contribution in [0, 0.1) is 24.1 Å². The van der Waals surface area contributed by atoms with Crippen molar-refractivity contribution in [2.75, 3.05) is 0 Å². The number of nitriles is 1. The maximum absolute atomic E-state index is 13.0. The molecule has 3 rings (SSSR count). The zero-order valence-corrected chi connectivity index (χ0v) is 16.6. The fourth-order valence-corrected chi connectivity index (χ4v) is 3.23. The molecule has 3 aromatic rings. The summed E-state index contributed by atoms with van der Waals surface area (Å²) in [5, 5.41) is 10.2. The fraction of sp³-hybridized carbons (Fsp3) is 0.0870. The summed E-state index contributed by atoms with van der Waals surface area (Å²) in [5.74, 6) is 0.0384. The minimum absolute atomic E-state index is 0.210. The Kier molecular flexibility index (Phi) is 6.36. The van der Waals surface area contributed by atoms with Gasteiger partial charge in [-0.25, -0.2) is 4.39 Å². The molecule has 0 saturated heterocycles. The highest BCUT2D eigenvalue weighted by atomic mass is 35.5. The van der Waals surface area contributed by atoms with E-state index in [0.717, 1.165) is 16.7 Å². The Morgan fingerprint density at radius 2 is 1.64 bits per heavy atom. The molecule has 28 heavy (non-hydrogen) atoms. The molecule has 0 aromatic heterocycles. The van der Waals surface area contributed by atoms with Crippen LogP contribution >= 0.6 is 23.2 Å². The monoisotopic (exact) mass is 411 g/mol. The van der Waals surface area contributed by atoms with Crippen molar-refractivity contribution in [2.45, 2.75) is 13.5 Å². The van der Waals surface area contributed by atoms with Crippen LogP contribution in [0.15, 0.2) is 60.7 Å². The molecule has 0 aliphatic heterocycles. The molecule has 140 valence electrons. The van der Waals surface area contributed by atoms with Crippen LogP contribution in [0.5, 0.6) is 5.75 Å². The van der Waals surface area contributed by atoms with Crippen molar-refractivity contribution < 1.29 is 9.13 Å². The van der Waals surface area contributed by atoms with Gasteiger partial charge in [-0.1, -0.05) is 65.2 Å². The Balaban J connectivity index is 1.83. The van der Waals surface area contributed by atoms with E-state index in [9.17, 15) is 9.65 Å². The average molecular weight is 412 g/mol. The summed E-state index contributed by atoms with van der Waals surface area (Å²) in [7, 11) is 0. The second-order valence-electron chi connectivity index (χ2n) is 6.26. The van der Waals surface area contributed by atoms with Gasteiger partial charge in [0.05, 0.1) is 21.7 Å². The number of allylic oxidation sites excluding steroid dienone is 1. The third kappa shape index (κ3) is 4.92. The lowest BCUT2D eigenvalue weighted by Crippen LogP contribution is -1.97. The van der Waals surface area contributed by atoms with E-state index in [1.807, 2.05) is 31.2 Å². The number of aryl methyl sites for hydroxylation is 1. The van der Waals surface area contributed by atoms with Gasteiger partial charge in [0.15, 0.2) is 5.75 Å². The Hall–Kier alpha value is -2.80. The smallest absolute Gasteiger partial charge is 0.157 e. The molecular formula is C23H16Cl2FNO. The van der Waals surface area contributed by atoms with Gasteiger partial charge < -0.3 is 4.74 Å². The molecule has 0 bridgehead atoms. The van der Waals surface area contributed by atoms with Gasteiger partial charge in [-0.3, -0.25) is 0 Å². The van der Waals surface area contributed by atoms with Crippen LogP contribution in [0.3, 0.4) is 0 Å². The molecule has 0 N–H and O–H groups in total. The first kappa shape index (κ1) is 19.9. The van der Waals surface area contributed by atoms with Gasteiger partial charge in [0, 0.05) is 0 Å². The Bertz CT molecular complexity index is 1030. The largest absolute Gasteiger partial charge is 0.486 e. The third-order valence-electron chi connectivity index (χ3n) is 4.11. The van der Waals surface area contributed by atoms with Crippen molar-refractivity contribution in [3.8, 4) is 11.8 Å². The zero-order valence-electron chi connectivity index (χ0n) is 15.0. The SMILES string of the molecule is Cc1ccc(/C(C#N)=C/c2cc(Cl)c(OCc3ccc(F)cc3)c(Cl)c2)cc1. The van der Waals surface area contributed by atoms with E-state index in [1.165, 1.54) is 12.1 Å². The van der Waals surface area contributed by atoms with Crippen molar-refractivity contribution in [1.29, 1.82) is 5.26 Å². The first-order chi connectivity index (χ1) is 13.5. The summed E-state index contributed by atoms with van der Waals surface area (Å²) >= 11 is 12.7. The summed E-state index contributed by atoms with van der Waals surface area (Å²) in [5.41, 5.74) is 3.93. The predicted molar refractivity (Wildman–Crippen MR) is 112 cm³/mol. The topological polar surface area (TPSA) is 33.0 Å². The molecule has 0 radical (unpaired) electrons. The second-order valence-corrected chi connectivity index (χ2v) is 7.08. The van der Waals surface area contributed by atoms with Crippen LogP contribution in [0.1, 0.15) is 22.3 Å². The first-order valence-electron chi connectivity index (χ1n) is 8.51. The molecular weight excluding hydrogens is 396 g/mol. The minimum atomic E-state index is -0.308. The Labute approximate surface area is 173 Å². The second kappa shape index (κ2) is 8.93. The lowest BCUT2D eigenvalue weighted by atomic mass is 10.0. The lowest BCUT2D eigenvalue weighted by Gasteiger charge is -2.11. The molecule has 0 aliphatic carbocycles. The van der Waals surface area contributed by atoms with Crippen molar-refractivity contribution >= 4 is 34.9 Å². The molecule has 0 fully saturated rings. The van der Waals surface area contributed by atoms with Gasteiger partial charge in [-0.2, -0.15) is 5.26 Å². The number of ether oxygens (including phenoxy) is 1. The number of hydrogen-bond acceptors (Lipinski definition) is 2. The van der Waals surface area contributed by atoms with E-state index in [-0.39, 0.29) is 12.4 Å². The van der Waals surface area contributed by atoms with Crippen molar-refractivity contribution in [1.82, 2.24) is 0 Å². The summed E-state index contributed by atoms with van der Waals surface area (Å²) in [6.45, 7) is 2.20. The van der Waals surface area contributed by atoms with Crippen LogP contribution in [0.25, 0.3) is 11.6 Å². The number of benzene rings is 3. The molecule has 5 heteroatoms. The van der Waals surface area contributed by atoms with Gasteiger partial charge in [0.1, 0.15) is 12.4 Å². The van der Waals surface area contributed by atoms with E-state index in [2.05, 4.69) is 6.07 Å². The number of halogens is 3. The van der Waals surface area contributed by atoms with Gasteiger partial charge in [0.2, 0.25) is 0 Å². The molecule has 0 aliphatic rings. The molecule has 0 atom stereocenters. The van der Waals surface area contributed by atoms with Gasteiger partial charge >= 0.3 is 0 Å². The molecule has 0 spiro atoms. The van der Waals surface area contributed by atoms with E-state index in [0.29, 0.717) is 26.9 Å². The maximum atomic E-state index is 13.0. The highest BCUT2D eigenvalue weighted by molar-refractivity contribution is 6.37. The quantitative estimate of drug-likeness (QED) is 0.331. The number of rotatable bonds is 5. The summed E-state index contributed by atoms with van der Waals surface area (Å²) in [6.07, 6.45) is 1.73. The highest BCUT2D eigenvalue weighted by Gasteiger charge is 2.11. The zero-order chi connectivity index (χ0) is 20.1. The van der Waals surface area contributed by atoms with Crippen LogP contribution in [-0.2, 0) is 6.61 Å². The minimum Gasteiger partial charge on any atom is -0.486 e. The third-order valence-corrected chi connectivity index (χ3v) is 4.67. The van der Waals surface area contributed by atoms with E-state index in [1.54, 1.807) is 30.3 Å². The highest BCUT2D eigenvalue weighted by Crippen LogP contribution is 2.36. The Morgan fingerprint density at radius 3 is 2.21 bits per heavy atom. The maximum Gasteiger partial charge on any atom is 0.157 e. The Morgan fingerprint density at radius 1 is 1.04 bits per heavy atom. The standard InChI is InChI=1S/C23H16Cl2FNO/c1-15-2-6-18(7-3-15)19(13-27)10-17-11-21(24)23(22(25)12-17)28-14-16-4-8-20(26)9-5-16/h2-12H,14H2,1H3/b19-10+. The van der Waals surface area contributed by atoms with Crippen molar-refractivity contribution in [3.05, 3.63) is 98.8 Å². The molecule has 0 amide bonds. The number of nitrogens with zero attached hydrogens (tertiary/aromatic N) is 1. The van der Waals surface area contributed by atoms with Crippen molar-refractivity contribution in [2.24, 2.45) is 0 Å². The first-order valence-corrected chi connectivity index (χ1v) is 9.27. The molecule has 2 nitrogen and oxygen atoms in total. The summed E-state index contributed by atoms with van der Waals surface area (Å²) < 4.78 is 18.7. The lowest BCUT2D eigenvalue weighted by molar-refractivity contribution is 0.306. The molecule has 0 saturated carbocycles. The van der Waals surface area contributed by atoms with Crippen LogP contribution in [0.4, 0.5) is 4.39 Å². The predicted octanol–water partition coefficient (Wildman–Crippen LogP) is 7.08. The van der Waals surface area contributed by atoms with Gasteiger partial charge in [-0.05, 0) is 54.0 Å². The molecule has 0 unspecified atom stereocenters. The number of hydrogen-bond donors (Lipinski definition) is 0. The van der Waals surface area contributed by atoms with Crippen LogP contribution in [0.2, 0.25) is 10.0 Å². The van der Waals surface area contributed by atoms with E-state index < -0.39 is 0 Å².